The minimum absolute atomic E-state index is 0.0946. The summed E-state index contributed by atoms with van der Waals surface area (Å²) in [5.41, 5.74) is 0.773. The largest absolute Gasteiger partial charge is 0.306 e. The number of nitrogens with zero attached hydrogens (tertiary/aromatic N) is 1. The number of hydrogen-bond acceptors (Lipinski definition) is 5. The fourth-order valence-electron chi connectivity index (χ4n) is 2.11. The Balaban J connectivity index is 1.84. The molecule has 1 amide bonds. The molecule has 0 unspecified atom stereocenters. The van der Waals surface area contributed by atoms with Crippen LogP contribution in [0.2, 0.25) is 5.02 Å². The molecule has 0 fully saturated rings. The summed E-state index contributed by atoms with van der Waals surface area (Å²) < 4.78 is 25.3. The minimum atomic E-state index is -3.68. The Hall–Kier alpha value is -2.22. The zero-order valence-corrected chi connectivity index (χ0v) is 15.5. The standard InChI is InChI=1S/C17H13ClN2O3S2/c1-11-3-2-4-15(19-11)20-17(21)14-9-10-16(24-14)25(22,23)13-7-5-12(18)6-8-13/h2-10H,1H3,(H,19,20,21). The van der Waals surface area contributed by atoms with Crippen LogP contribution in [0.5, 0.6) is 0 Å². The molecule has 3 rings (SSSR count). The highest BCUT2D eigenvalue weighted by Gasteiger charge is 2.21. The lowest BCUT2D eigenvalue weighted by Crippen LogP contribution is -2.11. The highest BCUT2D eigenvalue weighted by Crippen LogP contribution is 2.29. The molecule has 5 nitrogen and oxygen atoms in total. The summed E-state index contributed by atoms with van der Waals surface area (Å²) in [5, 5.41) is 3.11. The van der Waals surface area contributed by atoms with E-state index >= 15 is 0 Å². The third kappa shape index (κ3) is 3.89. The minimum Gasteiger partial charge on any atom is -0.306 e. The fraction of sp³-hybridized carbons (Fsp3) is 0.0588. The van der Waals surface area contributed by atoms with Crippen molar-refractivity contribution < 1.29 is 13.2 Å². The summed E-state index contributed by atoms with van der Waals surface area (Å²) in [6.45, 7) is 1.82. The van der Waals surface area contributed by atoms with Crippen LogP contribution in [-0.2, 0) is 9.84 Å². The highest BCUT2D eigenvalue weighted by molar-refractivity contribution is 7.93. The van der Waals surface area contributed by atoms with Gasteiger partial charge in [0.25, 0.3) is 5.91 Å². The van der Waals surface area contributed by atoms with Crippen molar-refractivity contribution in [2.45, 2.75) is 16.0 Å². The van der Waals surface area contributed by atoms with Gasteiger partial charge < -0.3 is 5.32 Å². The Kier molecular flexibility index (Phi) is 4.89. The summed E-state index contributed by atoms with van der Waals surface area (Å²) in [7, 11) is -3.68. The molecule has 128 valence electrons. The van der Waals surface area contributed by atoms with Crippen LogP contribution in [0.15, 0.2) is 63.7 Å². The molecule has 0 atom stereocenters. The van der Waals surface area contributed by atoms with E-state index in [0.717, 1.165) is 17.0 Å². The van der Waals surface area contributed by atoms with E-state index in [1.54, 1.807) is 12.1 Å². The number of nitrogens with one attached hydrogen (secondary N) is 1. The lowest BCUT2D eigenvalue weighted by Gasteiger charge is -2.03. The van der Waals surface area contributed by atoms with Crippen molar-refractivity contribution in [3.63, 3.8) is 0 Å². The number of pyridine rings is 1. The molecule has 2 heterocycles. The van der Waals surface area contributed by atoms with Crippen LogP contribution in [0, 0.1) is 6.92 Å². The van der Waals surface area contributed by atoms with Crippen LogP contribution in [0.3, 0.4) is 0 Å². The van der Waals surface area contributed by atoms with Crippen molar-refractivity contribution in [3.05, 3.63) is 70.2 Å². The number of halogens is 1. The number of hydrogen-bond donors (Lipinski definition) is 1. The number of sulfone groups is 1. The van der Waals surface area contributed by atoms with Gasteiger partial charge in [0.1, 0.15) is 10.0 Å². The van der Waals surface area contributed by atoms with Gasteiger partial charge in [-0.15, -0.1) is 11.3 Å². The van der Waals surface area contributed by atoms with Crippen molar-refractivity contribution in [2.75, 3.05) is 5.32 Å². The van der Waals surface area contributed by atoms with Crippen molar-refractivity contribution in [2.24, 2.45) is 0 Å². The molecule has 0 saturated heterocycles. The number of aromatic nitrogens is 1. The number of rotatable bonds is 4. The maximum atomic E-state index is 12.6. The van der Waals surface area contributed by atoms with Crippen molar-refractivity contribution in [3.8, 4) is 0 Å². The van der Waals surface area contributed by atoms with E-state index < -0.39 is 15.7 Å². The molecule has 0 radical (unpaired) electrons. The Morgan fingerprint density at radius 2 is 1.80 bits per heavy atom. The van der Waals surface area contributed by atoms with Gasteiger partial charge >= 0.3 is 0 Å². The zero-order valence-electron chi connectivity index (χ0n) is 13.1. The van der Waals surface area contributed by atoms with Crippen LogP contribution >= 0.6 is 22.9 Å². The topological polar surface area (TPSA) is 76.1 Å². The van der Waals surface area contributed by atoms with Gasteiger partial charge in [-0.3, -0.25) is 4.79 Å². The number of benzene rings is 1. The third-order valence-electron chi connectivity index (χ3n) is 3.32. The van der Waals surface area contributed by atoms with Gasteiger partial charge in [-0.2, -0.15) is 0 Å². The average Bonchev–Trinajstić information content (AvgIpc) is 3.06. The molecule has 0 spiro atoms. The Morgan fingerprint density at radius 3 is 2.48 bits per heavy atom. The summed E-state index contributed by atoms with van der Waals surface area (Å²) in [6, 6.07) is 14.1. The van der Waals surface area contributed by atoms with Gasteiger partial charge in [-0.05, 0) is 55.5 Å². The number of anilines is 1. The van der Waals surface area contributed by atoms with E-state index in [2.05, 4.69) is 10.3 Å². The first kappa shape index (κ1) is 17.6. The van der Waals surface area contributed by atoms with E-state index in [1.807, 2.05) is 13.0 Å². The predicted molar refractivity (Wildman–Crippen MR) is 98.2 cm³/mol. The molecule has 0 aliphatic heterocycles. The molecular formula is C17H13ClN2O3S2. The number of amides is 1. The van der Waals surface area contributed by atoms with Gasteiger partial charge in [0.15, 0.2) is 0 Å². The average molecular weight is 393 g/mol. The number of carbonyl (C=O) groups is 1. The second-order valence-electron chi connectivity index (χ2n) is 5.19. The Morgan fingerprint density at radius 1 is 1.08 bits per heavy atom. The van der Waals surface area contributed by atoms with E-state index in [0.29, 0.717) is 10.8 Å². The second-order valence-corrected chi connectivity index (χ2v) is 8.89. The molecule has 0 bridgehead atoms. The molecule has 25 heavy (non-hydrogen) atoms. The van der Waals surface area contributed by atoms with Crippen molar-refractivity contribution in [1.82, 2.24) is 4.98 Å². The van der Waals surface area contributed by atoms with Crippen LogP contribution in [-0.4, -0.2) is 19.3 Å². The van der Waals surface area contributed by atoms with Crippen LogP contribution in [0.25, 0.3) is 0 Å². The third-order valence-corrected chi connectivity index (χ3v) is 6.92. The molecule has 1 aromatic carbocycles. The molecule has 0 aliphatic carbocycles. The first-order valence-electron chi connectivity index (χ1n) is 7.22. The molecule has 1 N–H and O–H groups in total. The lowest BCUT2D eigenvalue weighted by molar-refractivity contribution is 0.103. The smallest absolute Gasteiger partial charge is 0.266 e. The maximum Gasteiger partial charge on any atom is 0.266 e. The molecule has 8 heteroatoms. The zero-order chi connectivity index (χ0) is 18.0. The molecule has 0 aliphatic rings. The summed E-state index contributed by atoms with van der Waals surface area (Å²) in [5.74, 6) is 0.0150. The van der Waals surface area contributed by atoms with Crippen LogP contribution in [0.1, 0.15) is 15.4 Å². The molecular weight excluding hydrogens is 380 g/mol. The van der Waals surface area contributed by atoms with Gasteiger partial charge in [-0.1, -0.05) is 17.7 Å². The Bertz CT molecular complexity index is 1030. The van der Waals surface area contributed by atoms with Gasteiger partial charge in [0.05, 0.1) is 9.77 Å². The first-order chi connectivity index (χ1) is 11.9. The summed E-state index contributed by atoms with van der Waals surface area (Å²) >= 11 is 6.70. The van der Waals surface area contributed by atoms with Gasteiger partial charge in [0.2, 0.25) is 9.84 Å². The highest BCUT2D eigenvalue weighted by atomic mass is 35.5. The lowest BCUT2D eigenvalue weighted by atomic mass is 10.3. The summed E-state index contributed by atoms with van der Waals surface area (Å²) in [6.07, 6.45) is 0. The molecule has 3 aromatic rings. The predicted octanol–water partition coefficient (Wildman–Crippen LogP) is 4.19. The van der Waals surface area contributed by atoms with Crippen LogP contribution in [0.4, 0.5) is 5.82 Å². The number of thiophene rings is 1. The normalized spacial score (nSPS) is 11.3. The molecule has 2 aromatic heterocycles. The summed E-state index contributed by atoms with van der Waals surface area (Å²) in [4.78, 5) is 16.9. The maximum absolute atomic E-state index is 12.6. The van der Waals surface area contributed by atoms with Gasteiger partial charge in [-0.25, -0.2) is 13.4 Å². The van der Waals surface area contributed by atoms with Crippen molar-refractivity contribution >= 4 is 44.5 Å². The second kappa shape index (κ2) is 6.95. The van der Waals surface area contributed by atoms with E-state index in [9.17, 15) is 13.2 Å². The first-order valence-corrected chi connectivity index (χ1v) is 9.89. The quantitative estimate of drug-likeness (QED) is 0.722. The number of aryl methyl sites for hydroxylation is 1. The van der Waals surface area contributed by atoms with E-state index in [-0.39, 0.29) is 14.0 Å². The number of carbonyl (C=O) groups excluding carboxylic acids is 1. The SMILES string of the molecule is Cc1cccc(NC(=O)c2ccc(S(=O)(=O)c3ccc(Cl)cc3)s2)n1. The van der Waals surface area contributed by atoms with E-state index in [1.165, 1.54) is 36.4 Å². The van der Waals surface area contributed by atoms with E-state index in [4.69, 9.17) is 11.6 Å². The van der Waals surface area contributed by atoms with Crippen LogP contribution < -0.4 is 5.32 Å². The monoisotopic (exact) mass is 392 g/mol. The van der Waals surface area contributed by atoms with Crippen molar-refractivity contribution in [1.29, 1.82) is 0 Å². The molecule has 0 saturated carbocycles. The van der Waals surface area contributed by atoms with Gasteiger partial charge in [0, 0.05) is 10.7 Å². The fourth-order valence-corrected chi connectivity index (χ4v) is 4.84. The Labute approximate surface area is 154 Å².